The number of nitrogens with zero attached hydrogens (tertiary/aromatic N) is 1. The van der Waals surface area contributed by atoms with E-state index in [0.29, 0.717) is 22.1 Å². The van der Waals surface area contributed by atoms with Crippen molar-refractivity contribution < 1.29 is 4.79 Å². The fraction of sp³-hybridized carbons (Fsp3) is 0.0769. The molecular formula is C13H12ClN3O. The monoisotopic (exact) mass is 261 g/mol. The van der Waals surface area contributed by atoms with Crippen molar-refractivity contribution in [3.8, 4) is 0 Å². The van der Waals surface area contributed by atoms with Gasteiger partial charge >= 0.3 is 0 Å². The number of nitrogens with one attached hydrogen (secondary N) is 2. The molecule has 0 saturated heterocycles. The number of halogens is 1. The predicted octanol–water partition coefficient (Wildman–Crippen LogP) is 3.03. The highest BCUT2D eigenvalue weighted by Gasteiger charge is 2.06. The summed E-state index contributed by atoms with van der Waals surface area (Å²) in [5, 5.41) is 6.22. The number of hydrogen-bond acceptors (Lipinski definition) is 3. The predicted molar refractivity (Wildman–Crippen MR) is 73.2 cm³/mol. The van der Waals surface area contributed by atoms with Crippen LogP contribution in [0.15, 0.2) is 42.6 Å². The van der Waals surface area contributed by atoms with Crippen molar-refractivity contribution in [2.24, 2.45) is 0 Å². The van der Waals surface area contributed by atoms with E-state index < -0.39 is 0 Å². The van der Waals surface area contributed by atoms with Crippen LogP contribution in [0.25, 0.3) is 0 Å². The Balaban J connectivity index is 2.11. The molecule has 0 spiro atoms. The van der Waals surface area contributed by atoms with Gasteiger partial charge in [-0.3, -0.25) is 4.79 Å². The van der Waals surface area contributed by atoms with E-state index in [1.165, 1.54) is 6.20 Å². The summed E-state index contributed by atoms with van der Waals surface area (Å²) in [7, 11) is 1.77. The number of pyridine rings is 1. The lowest BCUT2D eigenvalue weighted by atomic mass is 10.2. The summed E-state index contributed by atoms with van der Waals surface area (Å²) >= 11 is 5.84. The minimum absolute atomic E-state index is 0.215. The second-order valence-corrected chi connectivity index (χ2v) is 4.08. The van der Waals surface area contributed by atoms with Crippen molar-refractivity contribution in [1.82, 2.24) is 4.98 Å². The zero-order valence-corrected chi connectivity index (χ0v) is 10.5. The van der Waals surface area contributed by atoms with Crippen LogP contribution in [0.5, 0.6) is 0 Å². The number of carbonyl (C=O) groups is 1. The zero-order chi connectivity index (χ0) is 13.0. The first-order valence-corrected chi connectivity index (χ1v) is 5.77. The van der Waals surface area contributed by atoms with Crippen LogP contribution in [0.1, 0.15) is 10.4 Å². The largest absolute Gasteiger partial charge is 0.373 e. The average molecular weight is 262 g/mol. The first-order valence-electron chi connectivity index (χ1n) is 5.40. The summed E-state index contributed by atoms with van der Waals surface area (Å²) in [6, 6.07) is 10.4. The molecule has 0 unspecified atom stereocenters. The molecule has 4 nitrogen and oxygen atoms in total. The van der Waals surface area contributed by atoms with Crippen molar-refractivity contribution in [1.29, 1.82) is 0 Å². The van der Waals surface area contributed by atoms with Crippen molar-refractivity contribution in [2.45, 2.75) is 0 Å². The first-order chi connectivity index (χ1) is 8.69. The van der Waals surface area contributed by atoms with Gasteiger partial charge in [0.15, 0.2) is 0 Å². The Labute approximate surface area is 110 Å². The van der Waals surface area contributed by atoms with Gasteiger partial charge in [-0.15, -0.1) is 0 Å². The van der Waals surface area contributed by atoms with Gasteiger partial charge in [0.2, 0.25) is 0 Å². The molecule has 0 aliphatic rings. The average Bonchev–Trinajstić information content (AvgIpc) is 2.39. The highest BCUT2D eigenvalue weighted by Crippen LogP contribution is 2.16. The number of amides is 1. The van der Waals surface area contributed by atoms with Gasteiger partial charge in [-0.1, -0.05) is 17.7 Å². The standard InChI is InChI=1S/C13H12ClN3O/c1-15-12-6-5-9(8-16-12)13(18)17-11-4-2-3-10(14)7-11/h2-8H,1H3,(H,15,16)(H,17,18). The minimum atomic E-state index is -0.215. The molecule has 0 bridgehead atoms. The van der Waals surface area contributed by atoms with Crippen molar-refractivity contribution in [3.05, 3.63) is 53.2 Å². The van der Waals surface area contributed by atoms with Gasteiger partial charge in [-0.05, 0) is 30.3 Å². The molecule has 2 N–H and O–H groups in total. The number of carbonyl (C=O) groups excluding carboxylic acids is 1. The summed E-state index contributed by atoms with van der Waals surface area (Å²) in [5.74, 6) is 0.502. The highest BCUT2D eigenvalue weighted by molar-refractivity contribution is 6.30. The van der Waals surface area contributed by atoms with Crippen LogP contribution in [0.2, 0.25) is 5.02 Å². The molecule has 0 radical (unpaired) electrons. The minimum Gasteiger partial charge on any atom is -0.373 e. The van der Waals surface area contributed by atoms with Crippen LogP contribution in [-0.4, -0.2) is 17.9 Å². The molecular weight excluding hydrogens is 250 g/mol. The Morgan fingerprint density at radius 3 is 2.72 bits per heavy atom. The third kappa shape index (κ3) is 2.99. The Morgan fingerprint density at radius 2 is 2.11 bits per heavy atom. The fourth-order valence-corrected chi connectivity index (χ4v) is 1.64. The molecule has 92 valence electrons. The van der Waals surface area contributed by atoms with E-state index >= 15 is 0 Å². The highest BCUT2D eigenvalue weighted by atomic mass is 35.5. The van der Waals surface area contributed by atoms with Crippen molar-refractivity contribution in [3.63, 3.8) is 0 Å². The van der Waals surface area contributed by atoms with E-state index in [4.69, 9.17) is 11.6 Å². The van der Waals surface area contributed by atoms with Gasteiger partial charge in [0, 0.05) is 24.0 Å². The lowest BCUT2D eigenvalue weighted by molar-refractivity contribution is 0.102. The second kappa shape index (κ2) is 5.51. The van der Waals surface area contributed by atoms with E-state index in [0.717, 1.165) is 0 Å². The third-order valence-electron chi connectivity index (χ3n) is 2.36. The number of aromatic nitrogens is 1. The lowest BCUT2D eigenvalue weighted by Crippen LogP contribution is -2.12. The summed E-state index contributed by atoms with van der Waals surface area (Å²) < 4.78 is 0. The van der Waals surface area contributed by atoms with Gasteiger partial charge in [0.05, 0.1) is 5.56 Å². The Bertz CT molecular complexity index is 554. The second-order valence-electron chi connectivity index (χ2n) is 3.65. The molecule has 1 aromatic carbocycles. The number of benzene rings is 1. The number of anilines is 2. The number of hydrogen-bond donors (Lipinski definition) is 2. The number of rotatable bonds is 3. The Hall–Kier alpha value is -2.07. The third-order valence-corrected chi connectivity index (χ3v) is 2.60. The smallest absolute Gasteiger partial charge is 0.257 e. The van der Waals surface area contributed by atoms with Gasteiger partial charge in [0.25, 0.3) is 5.91 Å². The molecule has 0 saturated carbocycles. The molecule has 5 heteroatoms. The van der Waals surface area contributed by atoms with E-state index in [1.54, 1.807) is 43.4 Å². The van der Waals surface area contributed by atoms with Gasteiger partial charge < -0.3 is 10.6 Å². The zero-order valence-electron chi connectivity index (χ0n) is 9.77. The van der Waals surface area contributed by atoms with Crippen LogP contribution < -0.4 is 10.6 Å². The molecule has 2 aromatic rings. The molecule has 1 aromatic heterocycles. The van der Waals surface area contributed by atoms with Crippen molar-refractivity contribution >= 4 is 29.0 Å². The van der Waals surface area contributed by atoms with Crippen molar-refractivity contribution in [2.75, 3.05) is 17.7 Å². The SMILES string of the molecule is CNc1ccc(C(=O)Nc2cccc(Cl)c2)cn1. The topological polar surface area (TPSA) is 54.0 Å². The van der Waals surface area contributed by atoms with Crippen LogP contribution in [0, 0.1) is 0 Å². The fourth-order valence-electron chi connectivity index (χ4n) is 1.45. The van der Waals surface area contributed by atoms with E-state index in [1.807, 2.05) is 0 Å². The molecule has 1 amide bonds. The van der Waals surface area contributed by atoms with E-state index in [2.05, 4.69) is 15.6 Å². The quantitative estimate of drug-likeness (QED) is 0.893. The van der Waals surface area contributed by atoms with Gasteiger partial charge in [-0.25, -0.2) is 4.98 Å². The Morgan fingerprint density at radius 1 is 1.28 bits per heavy atom. The maximum Gasteiger partial charge on any atom is 0.257 e. The maximum atomic E-state index is 11.9. The van der Waals surface area contributed by atoms with Crippen LogP contribution in [0.3, 0.4) is 0 Å². The van der Waals surface area contributed by atoms with Gasteiger partial charge in [-0.2, -0.15) is 0 Å². The van der Waals surface area contributed by atoms with Crippen LogP contribution in [0.4, 0.5) is 11.5 Å². The normalized spacial score (nSPS) is 9.89. The molecule has 0 aliphatic carbocycles. The van der Waals surface area contributed by atoms with E-state index in [-0.39, 0.29) is 5.91 Å². The maximum absolute atomic E-state index is 11.9. The molecule has 0 atom stereocenters. The molecule has 1 heterocycles. The van der Waals surface area contributed by atoms with E-state index in [9.17, 15) is 4.79 Å². The lowest BCUT2D eigenvalue weighted by Gasteiger charge is -2.06. The molecule has 18 heavy (non-hydrogen) atoms. The van der Waals surface area contributed by atoms with Gasteiger partial charge in [0.1, 0.15) is 5.82 Å². The summed E-state index contributed by atoms with van der Waals surface area (Å²) in [6.45, 7) is 0. The molecule has 0 aliphatic heterocycles. The summed E-state index contributed by atoms with van der Waals surface area (Å²) in [6.07, 6.45) is 1.52. The molecule has 2 rings (SSSR count). The first kappa shape index (κ1) is 12.4. The Kier molecular flexibility index (Phi) is 3.79. The van der Waals surface area contributed by atoms with Crippen LogP contribution in [-0.2, 0) is 0 Å². The van der Waals surface area contributed by atoms with Crippen LogP contribution >= 0.6 is 11.6 Å². The molecule has 0 fully saturated rings. The summed E-state index contributed by atoms with van der Waals surface area (Å²) in [5.41, 5.74) is 1.15. The summed E-state index contributed by atoms with van der Waals surface area (Å²) in [4.78, 5) is 16.0.